The molecule has 1 aromatic carbocycles. The van der Waals surface area contributed by atoms with Crippen LogP contribution in [0.2, 0.25) is 0 Å². The summed E-state index contributed by atoms with van der Waals surface area (Å²) < 4.78 is 7.86. The largest absolute Gasteiger partial charge is 0.372 e. The first-order chi connectivity index (χ1) is 12.3. The van der Waals surface area contributed by atoms with E-state index in [0.29, 0.717) is 6.04 Å². The van der Waals surface area contributed by atoms with Gasteiger partial charge in [-0.2, -0.15) is 5.10 Å². The number of anilines is 1. The molecule has 2 atom stereocenters. The van der Waals surface area contributed by atoms with E-state index in [4.69, 9.17) is 4.74 Å². The first-order valence-corrected chi connectivity index (χ1v) is 9.48. The predicted octanol–water partition coefficient (Wildman–Crippen LogP) is 3.03. The first kappa shape index (κ1) is 16.6. The number of nitrogens with zero attached hydrogens (tertiary/aromatic N) is 3. The van der Waals surface area contributed by atoms with Gasteiger partial charge in [-0.3, -0.25) is 4.68 Å². The Labute approximate surface area is 150 Å². The third-order valence-corrected chi connectivity index (χ3v) is 5.47. The number of aryl methyl sites for hydroxylation is 1. The topological polar surface area (TPSA) is 42.3 Å². The molecule has 4 rings (SSSR count). The molecule has 0 saturated carbocycles. The number of aromatic nitrogens is 2. The van der Waals surface area contributed by atoms with Crippen molar-refractivity contribution < 1.29 is 4.74 Å². The Kier molecular flexibility index (Phi) is 5.04. The molecule has 5 heteroatoms. The van der Waals surface area contributed by atoms with Gasteiger partial charge in [0.1, 0.15) is 6.10 Å². The fourth-order valence-corrected chi connectivity index (χ4v) is 3.98. The highest BCUT2D eigenvalue weighted by atomic mass is 16.5. The average molecular weight is 340 g/mol. The van der Waals surface area contributed by atoms with Gasteiger partial charge in [-0.25, -0.2) is 0 Å². The zero-order chi connectivity index (χ0) is 17.1. The highest BCUT2D eigenvalue weighted by molar-refractivity contribution is 5.47. The van der Waals surface area contributed by atoms with Crippen molar-refractivity contribution >= 4 is 5.69 Å². The maximum absolute atomic E-state index is 5.95. The normalized spacial score (nSPS) is 24.0. The van der Waals surface area contributed by atoms with Crippen molar-refractivity contribution in [3.63, 3.8) is 0 Å². The Bertz CT molecular complexity index is 675. The summed E-state index contributed by atoms with van der Waals surface area (Å²) in [5.74, 6) is 0. The van der Waals surface area contributed by atoms with Crippen LogP contribution in [0.15, 0.2) is 36.5 Å². The van der Waals surface area contributed by atoms with Gasteiger partial charge < -0.3 is 15.0 Å². The number of rotatable bonds is 5. The Hall–Kier alpha value is -1.85. The molecule has 1 N–H and O–H groups in total. The van der Waals surface area contributed by atoms with E-state index in [9.17, 15) is 0 Å². The highest BCUT2D eigenvalue weighted by Crippen LogP contribution is 2.29. The molecule has 5 nitrogen and oxygen atoms in total. The molecule has 0 radical (unpaired) electrons. The second kappa shape index (κ2) is 7.58. The zero-order valence-corrected chi connectivity index (χ0v) is 15.0. The van der Waals surface area contributed by atoms with Gasteiger partial charge in [0.15, 0.2) is 0 Å². The second-order valence-corrected chi connectivity index (χ2v) is 7.16. The molecule has 0 amide bonds. The summed E-state index contributed by atoms with van der Waals surface area (Å²) >= 11 is 0. The van der Waals surface area contributed by atoms with Gasteiger partial charge >= 0.3 is 0 Å². The second-order valence-electron chi connectivity index (χ2n) is 7.16. The van der Waals surface area contributed by atoms with Crippen molar-refractivity contribution in [3.05, 3.63) is 47.8 Å². The van der Waals surface area contributed by atoms with E-state index in [1.807, 2.05) is 17.9 Å². The van der Waals surface area contributed by atoms with Crippen LogP contribution in [-0.2, 0) is 18.3 Å². The van der Waals surface area contributed by atoms with Crippen LogP contribution in [0.4, 0.5) is 5.69 Å². The Morgan fingerprint density at radius 3 is 2.64 bits per heavy atom. The lowest BCUT2D eigenvalue weighted by Gasteiger charge is -2.29. The van der Waals surface area contributed by atoms with Gasteiger partial charge in [0.05, 0.1) is 5.69 Å². The third kappa shape index (κ3) is 3.72. The predicted molar refractivity (Wildman–Crippen MR) is 99.7 cm³/mol. The SMILES string of the molecule is Cn1nccc1[C@H]1OCC[C@@H]1NCc1ccc(N2CCCCC2)cc1. The van der Waals surface area contributed by atoms with Crippen LogP contribution in [0.5, 0.6) is 0 Å². The van der Waals surface area contributed by atoms with Crippen molar-refractivity contribution in [2.75, 3.05) is 24.6 Å². The quantitative estimate of drug-likeness (QED) is 0.908. The lowest BCUT2D eigenvalue weighted by molar-refractivity contribution is 0.0919. The minimum Gasteiger partial charge on any atom is -0.372 e. The Morgan fingerprint density at radius 1 is 1.12 bits per heavy atom. The van der Waals surface area contributed by atoms with Gasteiger partial charge in [0, 0.05) is 51.2 Å². The summed E-state index contributed by atoms with van der Waals surface area (Å²) in [6.07, 6.45) is 7.00. The van der Waals surface area contributed by atoms with Crippen LogP contribution in [0, 0.1) is 0 Å². The van der Waals surface area contributed by atoms with E-state index in [0.717, 1.165) is 25.3 Å². The standard InChI is InChI=1S/C20H28N4O/c1-23-19(9-11-22-23)20-18(10-14-25-20)21-15-16-5-7-17(8-6-16)24-12-3-2-4-13-24/h5-9,11,18,20-21H,2-4,10,12-15H2,1H3/t18-,20-/m0/s1. The molecule has 2 fully saturated rings. The van der Waals surface area contributed by atoms with Crippen molar-refractivity contribution in [3.8, 4) is 0 Å². The molecule has 2 saturated heterocycles. The summed E-state index contributed by atoms with van der Waals surface area (Å²) in [4.78, 5) is 2.50. The first-order valence-electron chi connectivity index (χ1n) is 9.48. The number of ether oxygens (including phenoxy) is 1. The Balaban J connectivity index is 1.35. The summed E-state index contributed by atoms with van der Waals surface area (Å²) in [5, 5.41) is 7.96. The monoisotopic (exact) mass is 340 g/mol. The van der Waals surface area contributed by atoms with Crippen LogP contribution in [0.1, 0.15) is 43.0 Å². The highest BCUT2D eigenvalue weighted by Gasteiger charge is 2.31. The molecular weight excluding hydrogens is 312 g/mol. The van der Waals surface area contributed by atoms with Gasteiger partial charge in [0.2, 0.25) is 0 Å². The molecule has 2 aliphatic heterocycles. The minimum atomic E-state index is 0.0973. The van der Waals surface area contributed by atoms with Crippen molar-refractivity contribution in [2.24, 2.45) is 7.05 Å². The fourth-order valence-electron chi connectivity index (χ4n) is 3.98. The number of piperidine rings is 1. The third-order valence-electron chi connectivity index (χ3n) is 5.47. The number of hydrogen-bond donors (Lipinski definition) is 1. The number of hydrogen-bond acceptors (Lipinski definition) is 4. The van der Waals surface area contributed by atoms with Crippen LogP contribution in [0.25, 0.3) is 0 Å². The van der Waals surface area contributed by atoms with Crippen LogP contribution in [-0.4, -0.2) is 35.5 Å². The maximum Gasteiger partial charge on any atom is 0.114 e. The van der Waals surface area contributed by atoms with Crippen LogP contribution in [0.3, 0.4) is 0 Å². The van der Waals surface area contributed by atoms with E-state index < -0.39 is 0 Å². The van der Waals surface area contributed by atoms with Gasteiger partial charge in [-0.1, -0.05) is 12.1 Å². The molecular formula is C20H28N4O. The minimum absolute atomic E-state index is 0.0973. The Morgan fingerprint density at radius 2 is 1.92 bits per heavy atom. The van der Waals surface area contributed by atoms with E-state index in [1.54, 1.807) is 0 Å². The van der Waals surface area contributed by atoms with Crippen molar-refractivity contribution in [1.82, 2.24) is 15.1 Å². The van der Waals surface area contributed by atoms with E-state index in [-0.39, 0.29) is 6.10 Å². The van der Waals surface area contributed by atoms with Gasteiger partial charge in [0.25, 0.3) is 0 Å². The molecule has 0 aliphatic carbocycles. The average Bonchev–Trinajstić information content (AvgIpc) is 3.29. The number of nitrogens with one attached hydrogen (secondary N) is 1. The number of benzene rings is 1. The zero-order valence-electron chi connectivity index (χ0n) is 15.0. The lowest BCUT2D eigenvalue weighted by Crippen LogP contribution is -2.32. The van der Waals surface area contributed by atoms with Crippen molar-refractivity contribution in [1.29, 1.82) is 0 Å². The maximum atomic E-state index is 5.95. The molecule has 3 heterocycles. The lowest BCUT2D eigenvalue weighted by atomic mass is 10.1. The van der Waals surface area contributed by atoms with Gasteiger partial charge in [-0.05, 0) is 49.4 Å². The van der Waals surface area contributed by atoms with Crippen LogP contribution >= 0.6 is 0 Å². The summed E-state index contributed by atoms with van der Waals surface area (Å²) in [7, 11) is 1.98. The van der Waals surface area contributed by atoms with Crippen molar-refractivity contribution in [2.45, 2.75) is 44.4 Å². The van der Waals surface area contributed by atoms with E-state index in [2.05, 4.69) is 45.6 Å². The summed E-state index contributed by atoms with van der Waals surface area (Å²) in [5.41, 5.74) is 3.84. The fraction of sp³-hybridized carbons (Fsp3) is 0.550. The molecule has 0 spiro atoms. The molecule has 1 aromatic heterocycles. The van der Waals surface area contributed by atoms with E-state index >= 15 is 0 Å². The molecule has 0 bridgehead atoms. The summed E-state index contributed by atoms with van der Waals surface area (Å²) in [6.45, 7) is 4.08. The smallest absolute Gasteiger partial charge is 0.114 e. The van der Waals surface area contributed by atoms with E-state index in [1.165, 1.54) is 43.6 Å². The molecule has 2 aromatic rings. The molecule has 134 valence electrons. The van der Waals surface area contributed by atoms with Gasteiger partial charge in [-0.15, -0.1) is 0 Å². The van der Waals surface area contributed by atoms with Crippen LogP contribution < -0.4 is 10.2 Å². The molecule has 0 unspecified atom stereocenters. The molecule has 2 aliphatic rings. The summed E-state index contributed by atoms with van der Waals surface area (Å²) in [6, 6.07) is 11.4. The molecule has 25 heavy (non-hydrogen) atoms.